The van der Waals surface area contributed by atoms with Gasteiger partial charge < -0.3 is 4.90 Å². The highest BCUT2D eigenvalue weighted by Gasteiger charge is 2.36. The molecule has 0 bridgehead atoms. The van der Waals surface area contributed by atoms with E-state index in [1.54, 1.807) is 47.7 Å². The molecule has 0 radical (unpaired) electrons. The Morgan fingerprint density at radius 3 is 2.44 bits per heavy atom. The van der Waals surface area contributed by atoms with Crippen LogP contribution in [0.2, 0.25) is 0 Å². The standard InChI is InChI=1S/C27H21N3O3S/c31-25(29-14-6-12-22(29)24-28-21-11-3-4-13-23(21)34-24)18-8-5-7-17(15-18)16-30-26(32)19-9-1-2-10-20(19)27(30)33/h1-5,7-11,13,15,22H,6,12,14,16H2. The molecule has 1 fully saturated rings. The summed E-state index contributed by atoms with van der Waals surface area (Å²) in [6, 6.07) is 22.1. The number of fused-ring (bicyclic) bond motifs is 2. The second-order valence-electron chi connectivity index (χ2n) is 8.62. The fourth-order valence-electron chi connectivity index (χ4n) is 4.83. The molecule has 0 N–H and O–H groups in total. The molecular formula is C27H21N3O3S. The lowest BCUT2D eigenvalue weighted by Crippen LogP contribution is -2.31. The summed E-state index contributed by atoms with van der Waals surface area (Å²) in [4.78, 5) is 46.9. The van der Waals surface area contributed by atoms with Crippen LogP contribution in [-0.2, 0) is 6.54 Å². The Hall–Kier alpha value is -3.84. The van der Waals surface area contributed by atoms with Gasteiger partial charge in [0.25, 0.3) is 17.7 Å². The molecule has 34 heavy (non-hydrogen) atoms. The maximum absolute atomic E-state index is 13.5. The van der Waals surface area contributed by atoms with Crippen LogP contribution in [0.4, 0.5) is 0 Å². The Labute approximate surface area is 200 Å². The van der Waals surface area contributed by atoms with Crippen molar-refractivity contribution in [2.75, 3.05) is 6.54 Å². The van der Waals surface area contributed by atoms with E-state index in [-0.39, 0.29) is 30.3 Å². The molecule has 1 atom stereocenters. The Bertz CT molecular complexity index is 1390. The number of benzene rings is 3. The third kappa shape index (κ3) is 3.40. The average molecular weight is 468 g/mol. The van der Waals surface area contributed by atoms with Crippen molar-refractivity contribution in [1.29, 1.82) is 0 Å². The van der Waals surface area contributed by atoms with Crippen LogP contribution in [-0.4, -0.2) is 39.1 Å². The van der Waals surface area contributed by atoms with Gasteiger partial charge in [0.1, 0.15) is 5.01 Å². The number of para-hydroxylation sites is 1. The predicted octanol–water partition coefficient (Wildman–Crippen LogP) is 5.07. The van der Waals surface area contributed by atoms with Crippen molar-refractivity contribution in [3.8, 4) is 0 Å². The fraction of sp³-hybridized carbons (Fsp3) is 0.185. The second-order valence-corrected chi connectivity index (χ2v) is 9.68. The van der Waals surface area contributed by atoms with Crippen LogP contribution in [0, 0.1) is 0 Å². The van der Waals surface area contributed by atoms with Crippen LogP contribution in [0.1, 0.15) is 60.5 Å². The number of rotatable bonds is 4. The topological polar surface area (TPSA) is 70.6 Å². The normalized spacial score (nSPS) is 17.6. The fourth-order valence-corrected chi connectivity index (χ4v) is 5.95. The van der Waals surface area contributed by atoms with E-state index < -0.39 is 0 Å². The van der Waals surface area contributed by atoms with Crippen LogP contribution in [0.5, 0.6) is 0 Å². The number of hydrogen-bond donors (Lipinski definition) is 0. The molecule has 0 aliphatic carbocycles. The largest absolute Gasteiger partial charge is 0.329 e. The van der Waals surface area contributed by atoms with Crippen molar-refractivity contribution in [2.24, 2.45) is 0 Å². The third-order valence-electron chi connectivity index (χ3n) is 6.50. The molecule has 7 heteroatoms. The van der Waals surface area contributed by atoms with E-state index in [1.807, 2.05) is 35.2 Å². The van der Waals surface area contributed by atoms with Crippen molar-refractivity contribution in [1.82, 2.24) is 14.8 Å². The Morgan fingerprint density at radius 1 is 0.941 bits per heavy atom. The number of carbonyl (C=O) groups is 3. The molecule has 6 rings (SSSR count). The maximum Gasteiger partial charge on any atom is 0.261 e. The minimum atomic E-state index is -0.298. The van der Waals surface area contributed by atoms with Gasteiger partial charge in [-0.1, -0.05) is 36.4 Å². The number of thiazole rings is 1. The molecular weight excluding hydrogens is 446 g/mol. The molecule has 3 aromatic carbocycles. The van der Waals surface area contributed by atoms with E-state index in [0.717, 1.165) is 33.6 Å². The van der Waals surface area contributed by atoms with Crippen LogP contribution in [0.3, 0.4) is 0 Å². The second kappa shape index (κ2) is 8.18. The van der Waals surface area contributed by atoms with Crippen molar-refractivity contribution in [3.05, 3.63) is 100 Å². The zero-order valence-electron chi connectivity index (χ0n) is 18.3. The lowest BCUT2D eigenvalue weighted by Gasteiger charge is -2.23. The van der Waals surface area contributed by atoms with E-state index in [2.05, 4.69) is 6.07 Å². The summed E-state index contributed by atoms with van der Waals surface area (Å²) in [5.74, 6) is -0.647. The van der Waals surface area contributed by atoms with Gasteiger partial charge in [0.2, 0.25) is 0 Å². The first-order valence-corrected chi connectivity index (χ1v) is 12.1. The SMILES string of the molecule is O=C1c2ccccc2C(=O)N1Cc1cccc(C(=O)N2CCCC2c2nc3ccccc3s2)c1. The van der Waals surface area contributed by atoms with Gasteiger partial charge >= 0.3 is 0 Å². The highest BCUT2D eigenvalue weighted by atomic mass is 32.1. The number of amides is 3. The first kappa shape index (κ1) is 20.7. The molecule has 2 aliphatic rings. The monoisotopic (exact) mass is 467 g/mol. The smallest absolute Gasteiger partial charge is 0.261 e. The van der Waals surface area contributed by atoms with Gasteiger partial charge in [-0.05, 0) is 54.8 Å². The third-order valence-corrected chi connectivity index (χ3v) is 7.64. The lowest BCUT2D eigenvalue weighted by molar-refractivity contribution is 0.0642. The van der Waals surface area contributed by atoms with Crippen LogP contribution in [0.15, 0.2) is 72.8 Å². The molecule has 168 valence electrons. The Kier molecular flexibility index (Phi) is 4.99. The quantitative estimate of drug-likeness (QED) is 0.393. The zero-order valence-corrected chi connectivity index (χ0v) is 19.1. The first-order chi connectivity index (χ1) is 16.6. The summed E-state index contributed by atoms with van der Waals surface area (Å²) < 4.78 is 1.12. The molecule has 1 unspecified atom stereocenters. The summed E-state index contributed by atoms with van der Waals surface area (Å²) in [6.45, 7) is 0.816. The summed E-state index contributed by atoms with van der Waals surface area (Å²) in [5, 5.41) is 0.967. The highest BCUT2D eigenvalue weighted by molar-refractivity contribution is 7.18. The van der Waals surface area contributed by atoms with Crippen molar-refractivity contribution in [3.63, 3.8) is 0 Å². The van der Waals surface area contributed by atoms with Crippen molar-refractivity contribution >= 4 is 39.3 Å². The van der Waals surface area contributed by atoms with Crippen molar-refractivity contribution < 1.29 is 14.4 Å². The Morgan fingerprint density at radius 2 is 1.68 bits per heavy atom. The van der Waals surface area contributed by atoms with Crippen LogP contribution in [0.25, 0.3) is 10.2 Å². The number of hydrogen-bond acceptors (Lipinski definition) is 5. The molecule has 3 amide bonds. The van der Waals surface area contributed by atoms with E-state index in [9.17, 15) is 14.4 Å². The first-order valence-electron chi connectivity index (χ1n) is 11.3. The Balaban J connectivity index is 1.24. The van der Waals surface area contributed by atoms with E-state index in [0.29, 0.717) is 23.2 Å². The predicted molar refractivity (Wildman–Crippen MR) is 130 cm³/mol. The molecule has 4 aromatic rings. The number of likely N-dealkylation sites (tertiary alicyclic amines) is 1. The lowest BCUT2D eigenvalue weighted by atomic mass is 10.1. The van der Waals surface area contributed by atoms with Gasteiger partial charge in [-0.3, -0.25) is 19.3 Å². The van der Waals surface area contributed by atoms with E-state index in [1.165, 1.54) is 4.90 Å². The van der Waals surface area contributed by atoms with E-state index >= 15 is 0 Å². The minimum Gasteiger partial charge on any atom is -0.329 e. The highest BCUT2D eigenvalue weighted by Crippen LogP contribution is 2.37. The molecule has 3 heterocycles. The molecule has 0 saturated carbocycles. The zero-order chi connectivity index (χ0) is 23.2. The summed E-state index contributed by atoms with van der Waals surface area (Å²) in [7, 11) is 0. The molecule has 1 saturated heterocycles. The van der Waals surface area contributed by atoms with E-state index in [4.69, 9.17) is 4.98 Å². The molecule has 0 spiro atoms. The number of aromatic nitrogens is 1. The van der Waals surface area contributed by atoms with Crippen LogP contribution < -0.4 is 0 Å². The summed E-state index contributed by atoms with van der Waals surface area (Å²) >= 11 is 1.64. The number of carbonyl (C=O) groups excluding carboxylic acids is 3. The molecule has 6 nitrogen and oxygen atoms in total. The summed E-state index contributed by atoms with van der Waals surface area (Å²) in [5.41, 5.74) is 3.12. The summed E-state index contributed by atoms with van der Waals surface area (Å²) in [6.07, 6.45) is 1.82. The number of nitrogens with zero attached hydrogens (tertiary/aromatic N) is 3. The van der Waals surface area contributed by atoms with Gasteiger partial charge in [0, 0.05) is 12.1 Å². The van der Waals surface area contributed by atoms with Crippen LogP contribution >= 0.6 is 11.3 Å². The molecule has 2 aliphatic heterocycles. The maximum atomic E-state index is 13.5. The van der Waals surface area contributed by atoms with Gasteiger partial charge in [0.05, 0.1) is 33.9 Å². The van der Waals surface area contributed by atoms with Gasteiger partial charge in [0.15, 0.2) is 0 Å². The number of imide groups is 1. The van der Waals surface area contributed by atoms with Gasteiger partial charge in [-0.15, -0.1) is 11.3 Å². The molecule has 1 aromatic heterocycles. The minimum absolute atomic E-state index is 0.0372. The van der Waals surface area contributed by atoms with Crippen molar-refractivity contribution in [2.45, 2.75) is 25.4 Å². The average Bonchev–Trinajstić information content (AvgIpc) is 3.58. The van der Waals surface area contributed by atoms with Gasteiger partial charge in [-0.2, -0.15) is 0 Å². The van der Waals surface area contributed by atoms with Gasteiger partial charge in [-0.25, -0.2) is 4.98 Å².